The monoisotopic (exact) mass is 439 g/mol. The van der Waals surface area contributed by atoms with Gasteiger partial charge in [-0.15, -0.1) is 0 Å². The number of ether oxygens (including phenoxy) is 1. The molecule has 3 rings (SSSR count). The van der Waals surface area contributed by atoms with Crippen LogP contribution in [0.2, 0.25) is 0 Å². The van der Waals surface area contributed by atoms with E-state index in [1.807, 2.05) is 30.3 Å². The number of aliphatic hydroxyl groups is 1. The van der Waals surface area contributed by atoms with Gasteiger partial charge in [0, 0.05) is 10.9 Å². The van der Waals surface area contributed by atoms with Crippen molar-refractivity contribution < 1.29 is 23.1 Å². The number of ketones is 1. The number of hydrogen-bond donors (Lipinski definition) is 2. The minimum atomic E-state index is -3.73. The van der Waals surface area contributed by atoms with E-state index in [0.29, 0.717) is 17.3 Å². The van der Waals surface area contributed by atoms with Gasteiger partial charge in [-0.3, -0.25) is 9.52 Å². The topological polar surface area (TPSA) is 92.7 Å². The van der Waals surface area contributed by atoms with Crippen LogP contribution in [-0.4, -0.2) is 30.4 Å². The van der Waals surface area contributed by atoms with Crippen molar-refractivity contribution in [3.63, 3.8) is 0 Å². The van der Waals surface area contributed by atoms with Crippen LogP contribution < -0.4 is 4.72 Å². The van der Waals surface area contributed by atoms with E-state index in [9.17, 15) is 18.3 Å². The smallest absolute Gasteiger partial charge is 0.250 e. The number of hydrogen-bond acceptors (Lipinski definition) is 5. The number of fused-ring (bicyclic) bond motifs is 1. The van der Waals surface area contributed by atoms with E-state index in [0.717, 1.165) is 10.8 Å². The second kappa shape index (κ2) is 6.92. The molecule has 1 aliphatic heterocycles. The highest BCUT2D eigenvalue weighted by Crippen LogP contribution is 2.38. The maximum atomic E-state index is 12.6. The van der Waals surface area contributed by atoms with Crippen LogP contribution >= 0.6 is 15.9 Å². The van der Waals surface area contributed by atoms with E-state index < -0.39 is 33.0 Å². The van der Waals surface area contributed by atoms with Gasteiger partial charge < -0.3 is 9.84 Å². The van der Waals surface area contributed by atoms with E-state index in [1.54, 1.807) is 12.1 Å². The summed E-state index contributed by atoms with van der Waals surface area (Å²) in [6.07, 6.45) is 0.388. The molecule has 0 saturated carbocycles. The molecule has 138 valence electrons. The Morgan fingerprint density at radius 2 is 1.88 bits per heavy atom. The number of halogens is 1. The van der Waals surface area contributed by atoms with Crippen LogP contribution in [0.15, 0.2) is 54.1 Å². The number of carbonyl (C=O) groups excluding carboxylic acids is 1. The number of sulfonamides is 1. The zero-order valence-corrected chi connectivity index (χ0v) is 16.4. The Labute approximate surface area is 160 Å². The van der Waals surface area contributed by atoms with Gasteiger partial charge in [0.2, 0.25) is 21.7 Å². The summed E-state index contributed by atoms with van der Waals surface area (Å²) >= 11 is 3.17. The molecule has 0 bridgehead atoms. The van der Waals surface area contributed by atoms with Crippen LogP contribution in [0.5, 0.6) is 0 Å². The van der Waals surface area contributed by atoms with E-state index in [2.05, 4.69) is 20.7 Å². The average molecular weight is 440 g/mol. The van der Waals surface area contributed by atoms with Crippen LogP contribution in [-0.2, 0) is 25.2 Å². The maximum absolute atomic E-state index is 12.6. The molecule has 0 fully saturated rings. The first-order valence-electron chi connectivity index (χ1n) is 7.99. The third kappa shape index (κ3) is 3.43. The van der Waals surface area contributed by atoms with E-state index in [-0.39, 0.29) is 5.75 Å². The van der Waals surface area contributed by atoms with Crippen LogP contribution in [0.1, 0.15) is 18.9 Å². The molecule has 0 amide bonds. The standard InChI is InChI=1S/C18H18BrNO5S/c1-18(14-8-7-12-5-2-3-6-13(12)11-14)16(22)15(21)17(25-18)20-26(23,24)10-4-9-19/h2-3,5-8,11,20-21H,4,9-10H2,1H3. The predicted octanol–water partition coefficient (Wildman–Crippen LogP) is 3.09. The first-order chi connectivity index (χ1) is 12.3. The van der Waals surface area contributed by atoms with Crippen molar-refractivity contribution in [3.05, 3.63) is 59.7 Å². The normalized spacial score (nSPS) is 20.5. The highest BCUT2D eigenvalue weighted by molar-refractivity contribution is 9.09. The molecule has 0 aliphatic carbocycles. The number of aliphatic hydroxyl groups excluding tert-OH is 1. The number of carbonyl (C=O) groups is 1. The average Bonchev–Trinajstić information content (AvgIpc) is 2.84. The molecule has 0 saturated heterocycles. The van der Waals surface area contributed by atoms with Gasteiger partial charge >= 0.3 is 0 Å². The fourth-order valence-electron chi connectivity index (χ4n) is 2.81. The van der Waals surface area contributed by atoms with Crippen LogP contribution in [0, 0.1) is 0 Å². The van der Waals surface area contributed by atoms with Crippen molar-refractivity contribution in [2.24, 2.45) is 0 Å². The Bertz CT molecular complexity index is 1000. The van der Waals surface area contributed by atoms with Crippen molar-refractivity contribution >= 4 is 42.5 Å². The minimum absolute atomic E-state index is 0.154. The summed E-state index contributed by atoms with van der Waals surface area (Å²) in [5.41, 5.74) is -0.969. The maximum Gasteiger partial charge on any atom is 0.250 e. The number of Topliss-reactive ketones (excluding diaryl/α,β-unsaturated/α-hetero) is 1. The molecular weight excluding hydrogens is 422 g/mol. The predicted molar refractivity (Wildman–Crippen MR) is 102 cm³/mol. The molecule has 2 aromatic rings. The summed E-state index contributed by atoms with van der Waals surface area (Å²) in [5, 5.41) is 12.6. The van der Waals surface area contributed by atoms with Gasteiger partial charge in [-0.1, -0.05) is 52.3 Å². The molecular formula is C18H18BrNO5S. The van der Waals surface area contributed by atoms with Crippen LogP contribution in [0.3, 0.4) is 0 Å². The zero-order chi connectivity index (χ0) is 18.9. The third-order valence-electron chi connectivity index (χ3n) is 4.26. The van der Waals surface area contributed by atoms with Gasteiger partial charge in [-0.25, -0.2) is 8.42 Å². The summed E-state index contributed by atoms with van der Waals surface area (Å²) < 4.78 is 31.9. The fraction of sp³-hybridized carbons (Fsp3) is 0.278. The molecule has 2 aromatic carbocycles. The molecule has 8 heteroatoms. The molecule has 6 nitrogen and oxygen atoms in total. The summed E-state index contributed by atoms with van der Waals surface area (Å²) in [5.74, 6) is -1.99. The molecule has 0 radical (unpaired) electrons. The van der Waals surface area contributed by atoms with Gasteiger partial charge in [0.25, 0.3) is 5.78 Å². The lowest BCUT2D eigenvalue weighted by Crippen LogP contribution is -2.32. The highest BCUT2D eigenvalue weighted by Gasteiger charge is 2.48. The van der Waals surface area contributed by atoms with Crippen molar-refractivity contribution in [3.8, 4) is 0 Å². The van der Waals surface area contributed by atoms with Gasteiger partial charge in [-0.05, 0) is 30.2 Å². The summed E-state index contributed by atoms with van der Waals surface area (Å²) in [6.45, 7) is 1.51. The molecule has 1 unspecified atom stereocenters. The quantitative estimate of drug-likeness (QED) is 0.674. The summed E-state index contributed by atoms with van der Waals surface area (Å²) in [4.78, 5) is 12.6. The van der Waals surface area contributed by atoms with E-state index in [1.165, 1.54) is 6.92 Å². The van der Waals surface area contributed by atoms with Crippen molar-refractivity contribution in [1.82, 2.24) is 4.72 Å². The number of benzene rings is 2. The largest absolute Gasteiger partial charge is 0.501 e. The Balaban J connectivity index is 1.91. The molecule has 26 heavy (non-hydrogen) atoms. The summed E-state index contributed by atoms with van der Waals surface area (Å²) in [7, 11) is -3.73. The minimum Gasteiger partial charge on any atom is -0.501 e. The van der Waals surface area contributed by atoms with Crippen LogP contribution in [0.25, 0.3) is 10.8 Å². The molecule has 1 atom stereocenters. The first kappa shape index (κ1) is 18.7. The lowest BCUT2D eigenvalue weighted by atomic mass is 9.90. The SMILES string of the molecule is CC1(c2ccc3ccccc3c2)OC(NS(=O)(=O)CCCBr)=C(O)C1=O. The lowest BCUT2D eigenvalue weighted by Gasteiger charge is -2.24. The second-order valence-electron chi connectivity index (χ2n) is 6.17. The molecule has 2 N–H and O–H groups in total. The van der Waals surface area contributed by atoms with Gasteiger partial charge in [0.15, 0.2) is 5.60 Å². The van der Waals surface area contributed by atoms with Gasteiger partial charge in [0.1, 0.15) is 0 Å². The van der Waals surface area contributed by atoms with Crippen molar-refractivity contribution in [1.29, 1.82) is 0 Å². The highest BCUT2D eigenvalue weighted by atomic mass is 79.9. The van der Waals surface area contributed by atoms with E-state index in [4.69, 9.17) is 4.74 Å². The molecule has 1 aliphatic rings. The Kier molecular flexibility index (Phi) is 4.98. The summed E-state index contributed by atoms with van der Waals surface area (Å²) in [6, 6.07) is 13.0. The van der Waals surface area contributed by atoms with Gasteiger partial charge in [-0.2, -0.15) is 0 Å². The van der Waals surface area contributed by atoms with Crippen molar-refractivity contribution in [2.75, 3.05) is 11.1 Å². The first-order valence-corrected chi connectivity index (χ1v) is 10.8. The molecule has 1 heterocycles. The Morgan fingerprint density at radius 1 is 1.19 bits per heavy atom. The number of alkyl halides is 1. The number of rotatable bonds is 6. The Morgan fingerprint density at radius 3 is 2.58 bits per heavy atom. The van der Waals surface area contributed by atoms with Crippen LogP contribution in [0.4, 0.5) is 0 Å². The second-order valence-corrected chi connectivity index (χ2v) is 8.80. The fourth-order valence-corrected chi connectivity index (χ4v) is 4.51. The zero-order valence-electron chi connectivity index (χ0n) is 14.0. The van der Waals surface area contributed by atoms with Gasteiger partial charge in [0.05, 0.1) is 5.75 Å². The Hall–Kier alpha value is -2.06. The number of nitrogens with one attached hydrogen (secondary N) is 1. The lowest BCUT2D eigenvalue weighted by molar-refractivity contribution is -0.131. The van der Waals surface area contributed by atoms with E-state index >= 15 is 0 Å². The third-order valence-corrected chi connectivity index (χ3v) is 6.15. The molecule has 0 spiro atoms. The van der Waals surface area contributed by atoms with Crippen molar-refractivity contribution in [2.45, 2.75) is 18.9 Å². The molecule has 0 aromatic heterocycles.